The van der Waals surface area contributed by atoms with Gasteiger partial charge in [-0.15, -0.1) is 0 Å². The number of aliphatic hydroxyl groups excluding tert-OH is 1. The van der Waals surface area contributed by atoms with E-state index in [0.29, 0.717) is 37.4 Å². The Kier molecular flexibility index (Phi) is 17.8. The number of hydrogen-bond donors (Lipinski definition) is 5. The lowest BCUT2D eigenvalue weighted by molar-refractivity contribution is -0.135. The van der Waals surface area contributed by atoms with Crippen molar-refractivity contribution in [3.63, 3.8) is 0 Å². The Hall–Kier alpha value is -3.79. The molecular weight excluding hydrogens is 654 g/mol. The fraction of sp³-hybridized carbons (Fsp3) is 0.643. The number of carbonyl (C=O) groups excluding carboxylic acids is 4. The second-order valence-electron chi connectivity index (χ2n) is 16.2. The van der Waals surface area contributed by atoms with Crippen LogP contribution in [0.25, 0.3) is 0 Å². The molecule has 52 heavy (non-hydrogen) atoms. The van der Waals surface area contributed by atoms with E-state index in [1.54, 1.807) is 12.3 Å². The van der Waals surface area contributed by atoms with Crippen LogP contribution in [0.2, 0.25) is 0 Å². The van der Waals surface area contributed by atoms with Gasteiger partial charge in [0.15, 0.2) is 0 Å². The summed E-state index contributed by atoms with van der Waals surface area (Å²) in [5, 5.41) is 20.9. The molecule has 3 amide bonds. The van der Waals surface area contributed by atoms with Gasteiger partial charge in [0.2, 0.25) is 17.7 Å². The van der Waals surface area contributed by atoms with Crippen LogP contribution in [0.5, 0.6) is 0 Å². The number of rotatable bonds is 21. The fourth-order valence-electron chi connectivity index (χ4n) is 6.85. The van der Waals surface area contributed by atoms with Crippen LogP contribution in [0, 0.1) is 29.1 Å². The monoisotopic (exact) mass is 719 g/mol. The number of H-pyrrole nitrogens is 1. The largest absolute Gasteiger partial charge is 0.391 e. The average molecular weight is 720 g/mol. The highest BCUT2D eigenvalue weighted by Gasteiger charge is 2.34. The number of aromatic amines is 1. The second-order valence-corrected chi connectivity index (χ2v) is 16.2. The molecule has 0 bridgehead atoms. The molecule has 10 nitrogen and oxygen atoms in total. The molecule has 3 rings (SSSR count). The predicted molar refractivity (Wildman–Crippen MR) is 206 cm³/mol. The summed E-state index contributed by atoms with van der Waals surface area (Å²) in [5.41, 5.74) is 0.992. The number of aliphatic hydroxyl groups is 1. The number of nitrogens with zero attached hydrogens (tertiary/aromatic N) is 1. The number of carbonyl (C=O) groups is 4. The Bertz CT molecular complexity index is 1400. The van der Waals surface area contributed by atoms with Crippen LogP contribution in [0.1, 0.15) is 117 Å². The van der Waals surface area contributed by atoms with Gasteiger partial charge in [-0.2, -0.15) is 0 Å². The SMILES string of the molecule is CCCCNC(=O)/C=C/[C@@H](C[C@H](O)[C@H](CC1CCCCC1)NC(=O)[C@H](Cc1cnc[nH]1)NC(=O)[C@@H](CC(=O)C(C)(C)C)Cc1ccccc1)C(C)C. The maximum atomic E-state index is 14.3. The van der Waals surface area contributed by atoms with E-state index in [0.717, 1.165) is 44.1 Å². The number of ketones is 1. The minimum atomic E-state index is -0.968. The number of Topliss-reactive ketones (excluding diaryl/α,β-unsaturated/α-hetero) is 1. The number of aromatic nitrogens is 2. The first-order valence-corrected chi connectivity index (χ1v) is 19.6. The lowest BCUT2D eigenvalue weighted by Crippen LogP contribution is -2.55. The third kappa shape index (κ3) is 15.1. The lowest BCUT2D eigenvalue weighted by atomic mass is 9.81. The molecule has 5 N–H and O–H groups in total. The van der Waals surface area contributed by atoms with Crippen molar-refractivity contribution in [1.29, 1.82) is 0 Å². The number of benzene rings is 1. The molecular formula is C42H65N5O5. The molecule has 2 aromatic rings. The van der Waals surface area contributed by atoms with E-state index < -0.39 is 35.4 Å². The van der Waals surface area contributed by atoms with E-state index in [4.69, 9.17) is 0 Å². The third-order valence-electron chi connectivity index (χ3n) is 10.4. The van der Waals surface area contributed by atoms with Gasteiger partial charge in [-0.05, 0) is 55.1 Å². The van der Waals surface area contributed by atoms with Crippen LogP contribution in [0.4, 0.5) is 0 Å². The van der Waals surface area contributed by atoms with E-state index >= 15 is 0 Å². The quantitative estimate of drug-likeness (QED) is 0.0760. The normalized spacial score (nSPS) is 16.9. The van der Waals surface area contributed by atoms with Crippen LogP contribution in [0.15, 0.2) is 55.0 Å². The minimum Gasteiger partial charge on any atom is -0.391 e. The fourth-order valence-corrected chi connectivity index (χ4v) is 6.85. The van der Waals surface area contributed by atoms with Crippen molar-refractivity contribution in [3.8, 4) is 0 Å². The topological polar surface area (TPSA) is 153 Å². The smallest absolute Gasteiger partial charge is 0.243 e. The number of imidazole rings is 1. The molecule has 0 radical (unpaired) electrons. The first-order chi connectivity index (χ1) is 24.8. The standard InChI is InChI=1S/C42H65N5O5/c1-7-8-21-44-39(50)20-19-32(29(2)3)24-37(48)35(23-31-17-13-10-14-18-31)46-41(52)36(26-34-27-43-28-45-34)47-40(51)33(25-38(49)42(4,5)6)22-30-15-11-9-12-16-30/h9,11-12,15-16,19-20,27-29,31-33,35-37,48H,7-8,10,13-14,17-18,21-26H2,1-6H3,(H,43,45)(H,44,50)(H,46,52)(H,47,51)/b20-19+/t32-,33+,35-,36-,37-/m0/s1. The number of unbranched alkanes of at least 4 members (excludes halogenated alkanes) is 1. The zero-order valence-corrected chi connectivity index (χ0v) is 32.5. The first-order valence-electron chi connectivity index (χ1n) is 19.6. The van der Waals surface area contributed by atoms with E-state index in [1.165, 1.54) is 12.7 Å². The van der Waals surface area contributed by atoms with Gasteiger partial charge in [-0.1, -0.05) is 116 Å². The highest BCUT2D eigenvalue weighted by Crippen LogP contribution is 2.30. The molecule has 1 aromatic carbocycles. The Morgan fingerprint density at radius 1 is 1.00 bits per heavy atom. The predicted octanol–water partition coefficient (Wildman–Crippen LogP) is 6.25. The van der Waals surface area contributed by atoms with Crippen LogP contribution in [-0.4, -0.2) is 63.3 Å². The van der Waals surface area contributed by atoms with Crippen molar-refractivity contribution >= 4 is 23.5 Å². The molecule has 288 valence electrons. The summed E-state index contributed by atoms with van der Waals surface area (Å²) < 4.78 is 0. The van der Waals surface area contributed by atoms with Gasteiger partial charge < -0.3 is 26.0 Å². The molecule has 0 spiro atoms. The van der Waals surface area contributed by atoms with Gasteiger partial charge in [-0.3, -0.25) is 19.2 Å². The summed E-state index contributed by atoms with van der Waals surface area (Å²) in [6, 6.07) is 8.08. The maximum absolute atomic E-state index is 14.3. The number of nitrogens with one attached hydrogen (secondary N) is 4. The molecule has 1 fully saturated rings. The lowest BCUT2D eigenvalue weighted by Gasteiger charge is -2.33. The Labute approximate surface area is 311 Å². The van der Waals surface area contributed by atoms with Crippen LogP contribution >= 0.6 is 0 Å². The Balaban J connectivity index is 1.85. The molecule has 0 aliphatic heterocycles. The van der Waals surface area contributed by atoms with Gasteiger partial charge in [0.25, 0.3) is 0 Å². The summed E-state index contributed by atoms with van der Waals surface area (Å²) in [4.78, 5) is 61.2. The summed E-state index contributed by atoms with van der Waals surface area (Å²) in [6.07, 6.45) is 14.7. The van der Waals surface area contributed by atoms with Gasteiger partial charge in [-0.25, -0.2) is 4.98 Å². The molecule has 1 aliphatic carbocycles. The van der Waals surface area contributed by atoms with E-state index in [-0.39, 0.29) is 42.3 Å². The molecule has 10 heteroatoms. The summed E-state index contributed by atoms with van der Waals surface area (Å²) in [6.45, 7) is 12.4. The number of hydrogen-bond acceptors (Lipinski definition) is 6. The van der Waals surface area contributed by atoms with Crippen molar-refractivity contribution in [2.75, 3.05) is 6.54 Å². The summed E-state index contributed by atoms with van der Waals surface area (Å²) in [5.74, 6) is -1.17. The van der Waals surface area contributed by atoms with Gasteiger partial charge in [0.05, 0.1) is 18.5 Å². The molecule has 5 atom stereocenters. The van der Waals surface area contributed by atoms with Crippen molar-refractivity contribution in [2.45, 2.75) is 137 Å². The van der Waals surface area contributed by atoms with Gasteiger partial charge in [0, 0.05) is 42.6 Å². The van der Waals surface area contributed by atoms with Crippen molar-refractivity contribution in [3.05, 3.63) is 66.3 Å². The highest BCUT2D eigenvalue weighted by atomic mass is 16.3. The Morgan fingerprint density at radius 3 is 2.33 bits per heavy atom. The van der Waals surface area contributed by atoms with Crippen molar-refractivity contribution < 1.29 is 24.3 Å². The van der Waals surface area contributed by atoms with Gasteiger partial charge >= 0.3 is 0 Å². The Morgan fingerprint density at radius 2 is 1.71 bits per heavy atom. The molecule has 1 saturated carbocycles. The molecule has 1 aliphatic rings. The maximum Gasteiger partial charge on any atom is 0.243 e. The molecule has 1 heterocycles. The van der Waals surface area contributed by atoms with Crippen molar-refractivity contribution in [2.24, 2.45) is 29.1 Å². The second kappa shape index (κ2) is 21.7. The average Bonchev–Trinajstić information content (AvgIpc) is 3.62. The van der Waals surface area contributed by atoms with Crippen LogP contribution in [0.3, 0.4) is 0 Å². The van der Waals surface area contributed by atoms with Gasteiger partial charge in [0.1, 0.15) is 11.8 Å². The van der Waals surface area contributed by atoms with E-state index in [1.807, 2.05) is 57.2 Å². The summed E-state index contributed by atoms with van der Waals surface area (Å²) >= 11 is 0. The zero-order valence-electron chi connectivity index (χ0n) is 32.5. The minimum absolute atomic E-state index is 0.0268. The molecule has 1 aromatic heterocycles. The number of allylic oxidation sites excluding steroid dienone is 1. The van der Waals surface area contributed by atoms with Crippen molar-refractivity contribution in [1.82, 2.24) is 25.9 Å². The first kappa shape index (κ1) is 42.6. The summed E-state index contributed by atoms with van der Waals surface area (Å²) in [7, 11) is 0. The van der Waals surface area contributed by atoms with Crippen LogP contribution < -0.4 is 16.0 Å². The highest BCUT2D eigenvalue weighted by molar-refractivity contribution is 5.92. The van der Waals surface area contributed by atoms with E-state index in [9.17, 15) is 24.3 Å². The zero-order chi connectivity index (χ0) is 38.1. The molecule has 0 unspecified atom stereocenters. The number of amides is 3. The molecule has 0 saturated heterocycles. The third-order valence-corrected chi connectivity index (χ3v) is 10.4. The van der Waals surface area contributed by atoms with E-state index in [2.05, 4.69) is 46.7 Å². The van der Waals surface area contributed by atoms with Crippen LogP contribution in [-0.2, 0) is 32.0 Å².